The molecule has 1 N–H and O–H groups in total. The summed E-state index contributed by atoms with van der Waals surface area (Å²) >= 11 is 0. The van der Waals surface area contributed by atoms with Crippen molar-refractivity contribution in [3.63, 3.8) is 0 Å². The van der Waals surface area contributed by atoms with Gasteiger partial charge in [-0.2, -0.15) is 0 Å². The monoisotopic (exact) mass is 1560 g/mol. The maximum absolute atomic E-state index is 12.5. The van der Waals surface area contributed by atoms with Crippen molar-refractivity contribution in [2.75, 3.05) is 132 Å². The molecule has 3 saturated heterocycles. The molecule has 12 aromatic rings. The molecule has 0 spiro atoms. The van der Waals surface area contributed by atoms with Crippen LogP contribution in [0.25, 0.3) is 87.0 Å². The van der Waals surface area contributed by atoms with Gasteiger partial charge in [-0.25, -0.2) is 0 Å². The third-order valence-electron chi connectivity index (χ3n) is 20.1. The van der Waals surface area contributed by atoms with Crippen molar-refractivity contribution in [2.24, 2.45) is 0 Å². The van der Waals surface area contributed by atoms with Crippen molar-refractivity contribution >= 4 is 134 Å². The van der Waals surface area contributed by atoms with Crippen LogP contribution in [0, 0.1) is 0 Å². The standard InChI is InChI=1S/2C23H24N2O5.C21H24N2O5.C15H13NO4.3CH4.ClH/c2*26-16-2-4-19(20(27)14-16)23-22-18-5-3-17(13-15(18)1-6-21(22)30-24-23)29-12-9-25-7-10-28-11-8-25;1-2-26-20(24)14-18-21-17-5-4-16(13-15(17)3-6-19(21)28-22-18)27-12-9-23-7-10-25-11-8-23;1-2-19-14(18)8-12-15-11-5-4-10(17)7-9(11)3-6-13(15)20-16-12;;;;/h2*1,3,5-6,13,19H,2,4,7-12,14H2;3-6,13H,2,7-12,14H2,1H3;3-7,17H,2,8H2,1H3;3*1H4;1H. The lowest BCUT2D eigenvalue weighted by Gasteiger charge is -2.26. The molecular formula is C85H98ClN7O19. The third kappa shape index (κ3) is 20.1. The number of phenolic OH excluding ortho intramolecular Hbond substituents is 1. The number of phenols is 1. The minimum atomic E-state index is -0.376. The van der Waals surface area contributed by atoms with Crippen LogP contribution < -0.4 is 14.2 Å². The van der Waals surface area contributed by atoms with E-state index < -0.39 is 0 Å². The highest BCUT2D eigenvalue weighted by Gasteiger charge is 2.34. The van der Waals surface area contributed by atoms with Gasteiger partial charge in [0.25, 0.3) is 0 Å². The third-order valence-corrected chi connectivity index (χ3v) is 20.1. The van der Waals surface area contributed by atoms with Gasteiger partial charge >= 0.3 is 11.9 Å². The highest BCUT2D eigenvalue weighted by molar-refractivity contribution is 6.13. The van der Waals surface area contributed by atoms with E-state index in [0.717, 1.165) is 180 Å². The summed E-state index contributed by atoms with van der Waals surface area (Å²) in [6.45, 7) is 19.1. The van der Waals surface area contributed by atoms with Gasteiger partial charge in [0.1, 0.15) is 88.7 Å². The van der Waals surface area contributed by atoms with Gasteiger partial charge in [0.15, 0.2) is 22.3 Å². The largest absolute Gasteiger partial charge is 0.508 e. The van der Waals surface area contributed by atoms with Crippen LogP contribution in [-0.4, -0.2) is 207 Å². The molecule has 2 unspecified atom stereocenters. The normalized spacial score (nSPS) is 16.9. The van der Waals surface area contributed by atoms with E-state index in [2.05, 4.69) is 35.3 Å². The van der Waals surface area contributed by atoms with E-state index in [1.54, 1.807) is 38.1 Å². The summed E-state index contributed by atoms with van der Waals surface area (Å²) in [4.78, 5) is 78.6. The molecule has 2 saturated carbocycles. The molecule has 0 amide bonds. The molecule has 5 fully saturated rings. The van der Waals surface area contributed by atoms with Crippen molar-refractivity contribution in [1.82, 2.24) is 35.3 Å². The molecule has 17 rings (SSSR count). The average molecular weight is 1560 g/mol. The Morgan fingerprint density at radius 3 is 1.10 bits per heavy atom. The fourth-order valence-electron chi connectivity index (χ4n) is 14.5. The van der Waals surface area contributed by atoms with Crippen LogP contribution in [0.4, 0.5) is 0 Å². The molecule has 27 heteroatoms. The summed E-state index contributed by atoms with van der Waals surface area (Å²) in [6.07, 6.45) is 1.97. The Morgan fingerprint density at radius 1 is 0.429 bits per heavy atom. The lowest BCUT2D eigenvalue weighted by molar-refractivity contribution is -0.143. The number of hydrogen-bond acceptors (Lipinski definition) is 26. The minimum absolute atomic E-state index is 0. The Hall–Kier alpha value is -10.5. The van der Waals surface area contributed by atoms with Gasteiger partial charge in [-0.1, -0.05) is 67.2 Å². The Labute approximate surface area is 654 Å². The van der Waals surface area contributed by atoms with E-state index in [1.807, 2.05) is 97.1 Å². The number of Topliss-reactive ketones (excluding diaryl/α,β-unsaturated/α-hetero) is 4. The molecule has 5 aliphatic rings. The molecule has 0 bridgehead atoms. The van der Waals surface area contributed by atoms with Gasteiger partial charge in [-0.3, -0.25) is 43.5 Å². The number of carbonyl (C=O) groups excluding carboxylic acids is 6. The number of ketones is 4. The molecule has 594 valence electrons. The maximum atomic E-state index is 12.5. The quantitative estimate of drug-likeness (QED) is 0.0547. The number of benzene rings is 8. The van der Waals surface area contributed by atoms with Crippen molar-refractivity contribution in [1.29, 1.82) is 0 Å². The summed E-state index contributed by atoms with van der Waals surface area (Å²) in [7, 11) is 0. The van der Waals surface area contributed by atoms with Crippen molar-refractivity contribution in [2.45, 2.75) is 99.3 Å². The van der Waals surface area contributed by atoms with Crippen LogP contribution in [0.2, 0.25) is 0 Å². The number of ether oxygens (including phenoxy) is 8. The number of aromatic hydroxyl groups is 1. The molecule has 4 aromatic heterocycles. The maximum Gasteiger partial charge on any atom is 0.312 e. The zero-order valence-corrected chi connectivity index (χ0v) is 61.7. The van der Waals surface area contributed by atoms with Gasteiger partial charge in [0.2, 0.25) is 0 Å². The summed E-state index contributed by atoms with van der Waals surface area (Å²) < 4.78 is 65.6. The topological polar surface area (TPSA) is 310 Å². The van der Waals surface area contributed by atoms with Crippen molar-refractivity contribution in [3.8, 4) is 23.0 Å². The summed E-state index contributed by atoms with van der Waals surface area (Å²) in [6, 6.07) is 38.1. The number of morpholine rings is 3. The number of rotatable bonds is 20. The lowest BCUT2D eigenvalue weighted by atomic mass is 9.83. The summed E-state index contributed by atoms with van der Waals surface area (Å²) in [5, 5.41) is 37.1. The first kappa shape index (κ1) is 84.0. The smallest absolute Gasteiger partial charge is 0.312 e. The fraction of sp³-hybridized carbons (Fsp3) is 0.412. The summed E-state index contributed by atoms with van der Waals surface area (Å²) in [5.41, 5.74) is 5.03. The molecule has 0 radical (unpaired) electrons. The Morgan fingerprint density at radius 2 is 0.750 bits per heavy atom. The molecular weight excluding hydrogens is 1460 g/mol. The second-order valence-corrected chi connectivity index (χ2v) is 27.1. The van der Waals surface area contributed by atoms with Gasteiger partial charge < -0.3 is 61.1 Å². The van der Waals surface area contributed by atoms with E-state index in [1.165, 1.54) is 0 Å². The van der Waals surface area contributed by atoms with Crippen LogP contribution in [0.3, 0.4) is 0 Å². The lowest BCUT2D eigenvalue weighted by Crippen LogP contribution is -2.38. The molecule has 2 atom stereocenters. The van der Waals surface area contributed by atoms with E-state index in [4.69, 9.17) is 56.0 Å². The van der Waals surface area contributed by atoms with Crippen LogP contribution in [-0.2, 0) is 65.3 Å². The van der Waals surface area contributed by atoms with Gasteiger partial charge in [0, 0.05) is 71.7 Å². The number of esters is 2. The Balaban J connectivity index is 0.000000158. The number of fused-ring (bicyclic) bond motifs is 12. The predicted molar refractivity (Wildman–Crippen MR) is 427 cm³/mol. The van der Waals surface area contributed by atoms with Crippen molar-refractivity contribution < 1.29 is 89.9 Å². The molecule has 26 nitrogen and oxygen atoms in total. The predicted octanol–water partition coefficient (Wildman–Crippen LogP) is 14.1. The van der Waals surface area contributed by atoms with E-state index in [9.17, 15) is 33.9 Å². The molecule has 8 aromatic carbocycles. The second kappa shape index (κ2) is 39.6. The fourth-order valence-corrected chi connectivity index (χ4v) is 14.5. The van der Waals surface area contributed by atoms with Crippen LogP contribution in [0.5, 0.6) is 23.0 Å². The first-order valence-electron chi connectivity index (χ1n) is 36.9. The second-order valence-electron chi connectivity index (χ2n) is 27.1. The van der Waals surface area contributed by atoms with E-state index in [-0.39, 0.29) is 113 Å². The SMILES string of the molecule is C.C.C.CCOC(=O)Cc1noc2ccc3cc(O)ccc3c12.CCOC(=O)Cc1noc2ccc3cc(OCCN4CCOCC4)ccc3c12.Cl.O=C1CCC(c2noc3ccc4cc(OCCN5CCOCC5)ccc4c23)C(=O)C1.O=C1CCC(c2noc3ccc4cc(OCCN5CCOCC5)ccc4c23)C(=O)C1. The molecule has 112 heavy (non-hydrogen) atoms. The highest BCUT2D eigenvalue weighted by atomic mass is 35.5. The average Bonchev–Trinajstić information content (AvgIpc) is 2.04. The zero-order chi connectivity index (χ0) is 74.5. The highest BCUT2D eigenvalue weighted by Crippen LogP contribution is 2.41. The van der Waals surface area contributed by atoms with E-state index >= 15 is 0 Å². The summed E-state index contributed by atoms with van der Waals surface area (Å²) in [5.74, 6) is 1.13. The van der Waals surface area contributed by atoms with Gasteiger partial charge in [-0.15, -0.1) is 12.4 Å². The first-order chi connectivity index (χ1) is 52.8. The van der Waals surface area contributed by atoms with Crippen LogP contribution in [0.1, 0.15) is 109 Å². The number of carbonyl (C=O) groups is 6. The van der Waals surface area contributed by atoms with Crippen molar-refractivity contribution in [3.05, 3.63) is 144 Å². The molecule has 2 aliphatic carbocycles. The minimum Gasteiger partial charge on any atom is -0.508 e. The number of hydrogen-bond donors (Lipinski definition) is 1. The first-order valence-corrected chi connectivity index (χ1v) is 36.9. The van der Waals surface area contributed by atoms with Gasteiger partial charge in [-0.05, 0) is 167 Å². The number of nitrogens with zero attached hydrogens (tertiary/aromatic N) is 7. The van der Waals surface area contributed by atoms with Gasteiger partial charge in [0.05, 0.1) is 112 Å². The molecule has 3 aliphatic heterocycles. The Kier molecular flexibility index (Phi) is 29.7. The van der Waals surface area contributed by atoms with Crippen LogP contribution in [0.15, 0.2) is 139 Å². The van der Waals surface area contributed by atoms with Crippen LogP contribution >= 0.6 is 12.4 Å². The molecule has 7 heterocycles. The number of halogens is 1. The number of aromatic nitrogens is 4. The zero-order valence-electron chi connectivity index (χ0n) is 60.8. The Bertz CT molecular complexity index is 5070. The van der Waals surface area contributed by atoms with E-state index in [0.29, 0.717) is 104 Å².